The molecule has 1 unspecified atom stereocenters. The fraction of sp³-hybridized carbons (Fsp3) is 0.357. The van der Waals surface area contributed by atoms with Crippen LogP contribution in [0.5, 0.6) is 0 Å². The maximum absolute atomic E-state index is 12.5. The number of aromatic amines is 1. The summed E-state index contributed by atoms with van der Waals surface area (Å²) in [7, 11) is 0. The van der Waals surface area contributed by atoms with Crippen molar-refractivity contribution >= 4 is 11.9 Å². The number of hydrogen-bond acceptors (Lipinski definition) is 4. The number of carbonyl (C=O) groups excluding carboxylic acids is 1. The topological polar surface area (TPSA) is 99.4 Å². The van der Waals surface area contributed by atoms with E-state index in [1.165, 1.54) is 0 Å². The molecule has 1 atom stereocenters. The van der Waals surface area contributed by atoms with Crippen LogP contribution in [-0.2, 0) is 0 Å². The van der Waals surface area contributed by atoms with E-state index in [1.54, 1.807) is 23.4 Å². The van der Waals surface area contributed by atoms with Gasteiger partial charge >= 0.3 is 5.97 Å². The molecule has 0 saturated carbocycles. The molecule has 2 aromatic heterocycles. The first kappa shape index (κ1) is 13.4. The van der Waals surface area contributed by atoms with Gasteiger partial charge < -0.3 is 19.4 Å². The van der Waals surface area contributed by atoms with Crippen molar-refractivity contribution < 1.29 is 19.1 Å². The lowest BCUT2D eigenvalue weighted by molar-refractivity contribution is 0.0562. The molecule has 2 N–H and O–H groups in total. The largest absolute Gasteiger partial charge is 0.476 e. The number of aromatic carboxylic acids is 1. The number of piperidine rings is 1. The number of oxazole rings is 1. The molecule has 7 heteroatoms. The summed E-state index contributed by atoms with van der Waals surface area (Å²) in [6.07, 6.45) is 6.92. The van der Waals surface area contributed by atoms with E-state index in [2.05, 4.69) is 9.97 Å². The maximum atomic E-state index is 12.5. The monoisotopic (exact) mass is 289 g/mol. The van der Waals surface area contributed by atoms with Gasteiger partial charge in [-0.05, 0) is 25.3 Å². The van der Waals surface area contributed by atoms with Gasteiger partial charge in [-0.3, -0.25) is 4.79 Å². The Balaban J connectivity index is 1.93. The molecule has 3 rings (SSSR count). The smallest absolute Gasteiger partial charge is 0.358 e. The number of nitrogens with one attached hydrogen (secondary N) is 1. The number of amides is 1. The van der Waals surface area contributed by atoms with E-state index in [4.69, 9.17) is 9.52 Å². The molecule has 21 heavy (non-hydrogen) atoms. The van der Waals surface area contributed by atoms with Crippen LogP contribution in [0.3, 0.4) is 0 Å². The average molecular weight is 289 g/mol. The van der Waals surface area contributed by atoms with Crippen LogP contribution in [0.2, 0.25) is 0 Å². The molecule has 1 amide bonds. The summed E-state index contributed by atoms with van der Waals surface area (Å²) in [6, 6.07) is 1.32. The Hall–Kier alpha value is -2.57. The summed E-state index contributed by atoms with van der Waals surface area (Å²) >= 11 is 0. The van der Waals surface area contributed by atoms with E-state index in [1.807, 2.05) is 0 Å². The van der Waals surface area contributed by atoms with Gasteiger partial charge in [-0.25, -0.2) is 9.78 Å². The first-order chi connectivity index (χ1) is 10.2. The Kier molecular flexibility index (Phi) is 3.47. The SMILES string of the molecule is O=C(O)c1ncoc1C1CCCCN1C(=O)c1cc[nH]c1. The Bertz CT molecular complexity index is 647. The molecule has 0 bridgehead atoms. The van der Waals surface area contributed by atoms with E-state index in [9.17, 15) is 9.59 Å². The molecule has 0 aliphatic carbocycles. The lowest BCUT2D eigenvalue weighted by Crippen LogP contribution is -2.38. The summed E-state index contributed by atoms with van der Waals surface area (Å²) in [4.78, 5) is 32.0. The van der Waals surface area contributed by atoms with Crippen molar-refractivity contribution in [1.82, 2.24) is 14.9 Å². The number of nitrogens with zero attached hydrogens (tertiary/aromatic N) is 2. The molecular weight excluding hydrogens is 274 g/mol. The highest BCUT2D eigenvalue weighted by molar-refractivity contribution is 5.94. The van der Waals surface area contributed by atoms with Crippen molar-refractivity contribution in [2.75, 3.05) is 6.54 Å². The number of rotatable bonds is 3. The standard InChI is InChI=1S/C14H15N3O4/c18-13(9-4-5-15-7-9)17-6-2-1-3-10(17)12-11(14(19)20)16-8-21-12/h4-5,7-8,10,15H,1-3,6H2,(H,19,20). The molecule has 110 valence electrons. The van der Waals surface area contributed by atoms with Gasteiger partial charge in [-0.2, -0.15) is 0 Å². The third kappa shape index (κ3) is 2.42. The third-order valence-electron chi connectivity index (χ3n) is 3.71. The lowest BCUT2D eigenvalue weighted by atomic mass is 9.98. The van der Waals surface area contributed by atoms with Crippen LogP contribution in [-0.4, -0.2) is 38.4 Å². The van der Waals surface area contributed by atoms with Crippen molar-refractivity contribution in [1.29, 1.82) is 0 Å². The first-order valence-corrected chi connectivity index (χ1v) is 6.79. The lowest BCUT2D eigenvalue weighted by Gasteiger charge is -2.34. The number of hydrogen-bond donors (Lipinski definition) is 2. The summed E-state index contributed by atoms with van der Waals surface area (Å²) in [5.74, 6) is -1.02. The molecule has 1 fully saturated rings. The summed E-state index contributed by atoms with van der Waals surface area (Å²) in [5, 5.41) is 9.16. The zero-order valence-electron chi connectivity index (χ0n) is 11.3. The van der Waals surface area contributed by atoms with Crippen LogP contribution in [0.15, 0.2) is 29.3 Å². The highest BCUT2D eigenvalue weighted by Crippen LogP contribution is 2.33. The predicted octanol–water partition coefficient (Wildman–Crippen LogP) is 2.07. The molecule has 3 heterocycles. The number of likely N-dealkylation sites (tertiary alicyclic amines) is 1. The minimum absolute atomic E-state index is 0.117. The Labute approximate surface area is 120 Å². The van der Waals surface area contributed by atoms with Gasteiger partial charge in [-0.15, -0.1) is 0 Å². The Morgan fingerprint density at radius 2 is 2.29 bits per heavy atom. The zero-order chi connectivity index (χ0) is 14.8. The van der Waals surface area contributed by atoms with Crippen molar-refractivity contribution in [2.24, 2.45) is 0 Å². The zero-order valence-corrected chi connectivity index (χ0v) is 11.3. The summed E-state index contributed by atoms with van der Waals surface area (Å²) < 4.78 is 5.27. The number of carboxylic acid groups (broad SMARTS) is 1. The number of carbonyl (C=O) groups is 2. The summed E-state index contributed by atoms with van der Waals surface area (Å²) in [5.41, 5.74) is 0.437. The average Bonchev–Trinajstić information content (AvgIpc) is 3.17. The molecule has 0 aromatic carbocycles. The highest BCUT2D eigenvalue weighted by Gasteiger charge is 2.34. The van der Waals surface area contributed by atoms with Gasteiger partial charge in [-0.1, -0.05) is 0 Å². The highest BCUT2D eigenvalue weighted by atomic mass is 16.4. The Morgan fingerprint density at radius 3 is 3.00 bits per heavy atom. The number of aromatic nitrogens is 2. The van der Waals surface area contributed by atoms with E-state index >= 15 is 0 Å². The maximum Gasteiger partial charge on any atom is 0.358 e. The van der Waals surface area contributed by atoms with E-state index < -0.39 is 5.97 Å². The Morgan fingerprint density at radius 1 is 1.43 bits per heavy atom. The van der Waals surface area contributed by atoms with Gasteiger partial charge in [0.2, 0.25) is 0 Å². The second-order valence-electron chi connectivity index (χ2n) is 4.98. The van der Waals surface area contributed by atoms with Crippen molar-refractivity contribution in [2.45, 2.75) is 25.3 Å². The quantitative estimate of drug-likeness (QED) is 0.901. The minimum Gasteiger partial charge on any atom is -0.476 e. The molecule has 2 aromatic rings. The fourth-order valence-electron chi connectivity index (χ4n) is 2.72. The second kappa shape index (κ2) is 5.43. The van der Waals surface area contributed by atoms with Crippen LogP contribution < -0.4 is 0 Å². The molecule has 7 nitrogen and oxygen atoms in total. The number of H-pyrrole nitrogens is 1. The summed E-state index contributed by atoms with van der Waals surface area (Å²) in [6.45, 7) is 0.578. The van der Waals surface area contributed by atoms with Crippen molar-refractivity contribution in [3.8, 4) is 0 Å². The second-order valence-corrected chi connectivity index (χ2v) is 4.98. The van der Waals surface area contributed by atoms with Gasteiger partial charge in [0.1, 0.15) is 0 Å². The van der Waals surface area contributed by atoms with Crippen LogP contribution in [0.1, 0.15) is 51.9 Å². The van der Waals surface area contributed by atoms with Crippen LogP contribution >= 0.6 is 0 Å². The van der Waals surface area contributed by atoms with E-state index in [-0.39, 0.29) is 23.4 Å². The molecule has 1 aliphatic heterocycles. The van der Waals surface area contributed by atoms with Gasteiger partial charge in [0.15, 0.2) is 17.8 Å². The van der Waals surface area contributed by atoms with Crippen LogP contribution in [0.4, 0.5) is 0 Å². The number of carboxylic acids is 1. The van der Waals surface area contributed by atoms with Gasteiger partial charge in [0.05, 0.1) is 11.6 Å². The fourth-order valence-corrected chi connectivity index (χ4v) is 2.72. The van der Waals surface area contributed by atoms with Crippen LogP contribution in [0, 0.1) is 0 Å². The van der Waals surface area contributed by atoms with Gasteiger partial charge in [0, 0.05) is 18.9 Å². The third-order valence-corrected chi connectivity index (χ3v) is 3.71. The molecular formula is C14H15N3O4. The van der Waals surface area contributed by atoms with Gasteiger partial charge in [0.25, 0.3) is 5.91 Å². The van der Waals surface area contributed by atoms with E-state index in [0.29, 0.717) is 18.5 Å². The van der Waals surface area contributed by atoms with Crippen LogP contribution in [0.25, 0.3) is 0 Å². The predicted molar refractivity (Wildman–Crippen MR) is 71.9 cm³/mol. The van der Waals surface area contributed by atoms with E-state index in [0.717, 1.165) is 19.2 Å². The minimum atomic E-state index is -1.14. The first-order valence-electron chi connectivity index (χ1n) is 6.79. The molecule has 0 spiro atoms. The van der Waals surface area contributed by atoms with Crippen molar-refractivity contribution in [3.05, 3.63) is 41.9 Å². The molecule has 1 saturated heterocycles. The molecule has 0 radical (unpaired) electrons. The normalized spacial score (nSPS) is 18.7. The molecule has 1 aliphatic rings. The van der Waals surface area contributed by atoms with Crippen molar-refractivity contribution in [3.63, 3.8) is 0 Å².